The van der Waals surface area contributed by atoms with Crippen LogP contribution in [0.15, 0.2) is 34.6 Å². The molecule has 1 aliphatic heterocycles. The zero-order valence-electron chi connectivity index (χ0n) is 17.3. The van der Waals surface area contributed by atoms with Crippen molar-refractivity contribution in [1.29, 1.82) is 0 Å². The Morgan fingerprint density at radius 2 is 2.11 bits per heavy atom. The van der Waals surface area contributed by atoms with Crippen molar-refractivity contribution in [1.82, 2.24) is 20.1 Å². The molecule has 0 saturated heterocycles. The van der Waals surface area contributed by atoms with Gasteiger partial charge in [-0.05, 0) is 30.9 Å². The molecular formula is C21H32IN5S. The third kappa shape index (κ3) is 5.90. The van der Waals surface area contributed by atoms with Crippen LogP contribution in [0.25, 0.3) is 0 Å². The van der Waals surface area contributed by atoms with Crippen LogP contribution >= 0.6 is 35.3 Å². The Bertz CT molecular complexity index is 776. The standard InChI is InChI=1S/C21H31N5S.HI/c1-5-20(26-11-10-17-8-6-7-9-18(17)13-26)12-23-21(22-3)25(4)14-19-15-27-16(2)24-19;/h6-9,15,20H,5,10-14H2,1-4H3,(H,22,23);1H. The Hall–Kier alpha value is -1.19. The third-order valence-corrected chi connectivity index (χ3v) is 6.11. The van der Waals surface area contributed by atoms with Crippen molar-refractivity contribution in [2.75, 3.05) is 27.2 Å². The molecule has 5 nitrogen and oxygen atoms in total. The lowest BCUT2D eigenvalue weighted by Crippen LogP contribution is -2.48. The van der Waals surface area contributed by atoms with Gasteiger partial charge in [0.15, 0.2) is 5.96 Å². The molecule has 0 radical (unpaired) electrons. The molecule has 3 rings (SSSR count). The topological polar surface area (TPSA) is 43.8 Å². The average Bonchev–Trinajstić information content (AvgIpc) is 3.09. The normalized spacial score (nSPS) is 15.5. The Labute approximate surface area is 190 Å². The lowest BCUT2D eigenvalue weighted by Gasteiger charge is -2.36. The van der Waals surface area contributed by atoms with Crippen molar-refractivity contribution >= 4 is 41.3 Å². The second-order valence-electron chi connectivity index (χ2n) is 7.19. The van der Waals surface area contributed by atoms with Crippen molar-refractivity contribution in [3.8, 4) is 0 Å². The number of aromatic nitrogens is 1. The fraction of sp³-hybridized carbons (Fsp3) is 0.524. The summed E-state index contributed by atoms with van der Waals surface area (Å²) < 4.78 is 0. The number of aryl methyl sites for hydroxylation is 1. The number of fused-ring (bicyclic) bond motifs is 1. The minimum Gasteiger partial charge on any atom is -0.355 e. The largest absolute Gasteiger partial charge is 0.355 e. The van der Waals surface area contributed by atoms with Crippen molar-refractivity contribution in [2.45, 2.75) is 45.8 Å². The van der Waals surface area contributed by atoms with E-state index in [1.807, 2.05) is 14.0 Å². The summed E-state index contributed by atoms with van der Waals surface area (Å²) >= 11 is 1.70. The minimum absolute atomic E-state index is 0. The van der Waals surface area contributed by atoms with Crippen LogP contribution in [0, 0.1) is 6.92 Å². The van der Waals surface area contributed by atoms with Gasteiger partial charge in [0.2, 0.25) is 0 Å². The molecule has 0 saturated carbocycles. The number of nitrogens with one attached hydrogen (secondary N) is 1. The maximum Gasteiger partial charge on any atom is 0.193 e. The zero-order valence-corrected chi connectivity index (χ0v) is 20.5. The van der Waals surface area contributed by atoms with Crippen LogP contribution in [0.2, 0.25) is 0 Å². The first-order chi connectivity index (χ1) is 13.1. The molecule has 0 spiro atoms. The summed E-state index contributed by atoms with van der Waals surface area (Å²) in [5.41, 5.74) is 4.08. The van der Waals surface area contributed by atoms with E-state index in [0.717, 1.165) is 55.7 Å². The molecule has 1 atom stereocenters. The molecule has 1 aliphatic rings. The van der Waals surface area contributed by atoms with E-state index in [4.69, 9.17) is 0 Å². The predicted octanol–water partition coefficient (Wildman–Crippen LogP) is 3.91. The first-order valence-corrected chi connectivity index (χ1v) is 10.6. The van der Waals surface area contributed by atoms with Crippen LogP contribution in [-0.4, -0.2) is 54.0 Å². The minimum atomic E-state index is 0. The number of nitrogens with zero attached hydrogens (tertiary/aromatic N) is 4. The van der Waals surface area contributed by atoms with Crippen molar-refractivity contribution < 1.29 is 0 Å². The number of hydrogen-bond donors (Lipinski definition) is 1. The lowest BCUT2D eigenvalue weighted by molar-refractivity contribution is 0.173. The van der Waals surface area contributed by atoms with Gasteiger partial charge >= 0.3 is 0 Å². The summed E-state index contributed by atoms with van der Waals surface area (Å²) in [6.07, 6.45) is 2.27. The predicted molar refractivity (Wildman–Crippen MR) is 130 cm³/mol. The van der Waals surface area contributed by atoms with Gasteiger partial charge in [-0.15, -0.1) is 35.3 Å². The van der Waals surface area contributed by atoms with E-state index in [0.29, 0.717) is 6.04 Å². The Morgan fingerprint density at radius 1 is 1.36 bits per heavy atom. The fourth-order valence-corrected chi connectivity index (χ4v) is 4.36. The second kappa shape index (κ2) is 11.1. The summed E-state index contributed by atoms with van der Waals surface area (Å²) in [5.74, 6) is 0.927. The molecule has 28 heavy (non-hydrogen) atoms. The van der Waals surface area contributed by atoms with Crippen molar-refractivity contribution in [3.05, 3.63) is 51.5 Å². The molecule has 1 N–H and O–H groups in total. The molecule has 0 fully saturated rings. The number of halogens is 1. The highest BCUT2D eigenvalue weighted by Gasteiger charge is 2.22. The van der Waals surface area contributed by atoms with E-state index < -0.39 is 0 Å². The lowest BCUT2D eigenvalue weighted by atomic mass is 9.98. The van der Waals surface area contributed by atoms with Crippen LogP contribution < -0.4 is 5.32 Å². The molecule has 0 bridgehead atoms. The molecule has 1 aromatic carbocycles. The molecule has 1 unspecified atom stereocenters. The average molecular weight is 513 g/mol. The highest BCUT2D eigenvalue weighted by Crippen LogP contribution is 2.21. The van der Waals surface area contributed by atoms with Crippen LogP contribution in [0.3, 0.4) is 0 Å². The summed E-state index contributed by atoms with van der Waals surface area (Å²) in [7, 11) is 3.92. The molecule has 0 amide bonds. The van der Waals surface area contributed by atoms with E-state index in [1.165, 1.54) is 11.1 Å². The number of rotatable bonds is 6. The fourth-order valence-electron chi connectivity index (χ4n) is 3.75. The van der Waals surface area contributed by atoms with Gasteiger partial charge in [-0.2, -0.15) is 0 Å². The third-order valence-electron chi connectivity index (χ3n) is 5.28. The van der Waals surface area contributed by atoms with Gasteiger partial charge in [0.1, 0.15) is 0 Å². The van der Waals surface area contributed by atoms with Gasteiger partial charge in [-0.25, -0.2) is 4.98 Å². The van der Waals surface area contributed by atoms with Crippen LogP contribution in [0.4, 0.5) is 0 Å². The summed E-state index contributed by atoms with van der Waals surface area (Å²) in [6.45, 7) is 8.18. The van der Waals surface area contributed by atoms with E-state index in [2.05, 4.69) is 68.7 Å². The summed E-state index contributed by atoms with van der Waals surface area (Å²) in [4.78, 5) is 13.8. The van der Waals surface area contributed by atoms with Gasteiger partial charge in [0.05, 0.1) is 17.2 Å². The highest BCUT2D eigenvalue weighted by molar-refractivity contribution is 14.0. The maximum absolute atomic E-state index is 4.56. The Morgan fingerprint density at radius 3 is 2.75 bits per heavy atom. The van der Waals surface area contributed by atoms with Gasteiger partial charge in [0, 0.05) is 45.2 Å². The van der Waals surface area contributed by atoms with Crippen molar-refractivity contribution in [3.63, 3.8) is 0 Å². The van der Waals surface area contributed by atoms with Gasteiger partial charge in [-0.1, -0.05) is 31.2 Å². The van der Waals surface area contributed by atoms with Crippen molar-refractivity contribution in [2.24, 2.45) is 4.99 Å². The Kier molecular flexibility index (Phi) is 9.17. The summed E-state index contributed by atoms with van der Waals surface area (Å²) in [5, 5.41) is 6.81. The smallest absolute Gasteiger partial charge is 0.193 e. The number of guanidine groups is 1. The molecular weight excluding hydrogens is 481 g/mol. The number of thiazole rings is 1. The molecule has 7 heteroatoms. The SMILES string of the molecule is CCC(CNC(=NC)N(C)Cc1csc(C)n1)N1CCc2ccccc2C1.I. The second-order valence-corrected chi connectivity index (χ2v) is 8.26. The quantitative estimate of drug-likeness (QED) is 0.362. The van der Waals surface area contributed by atoms with Gasteiger partial charge in [0.25, 0.3) is 0 Å². The van der Waals surface area contributed by atoms with E-state index >= 15 is 0 Å². The zero-order chi connectivity index (χ0) is 19.2. The molecule has 154 valence electrons. The number of hydrogen-bond acceptors (Lipinski definition) is 4. The van der Waals surface area contributed by atoms with Gasteiger partial charge in [-0.3, -0.25) is 9.89 Å². The number of aliphatic imine (C=N–C) groups is 1. The van der Waals surface area contributed by atoms with Crippen LogP contribution in [-0.2, 0) is 19.5 Å². The Balaban J connectivity index is 0.00000280. The van der Waals surface area contributed by atoms with E-state index in [1.54, 1.807) is 11.3 Å². The number of benzene rings is 1. The summed E-state index contributed by atoms with van der Waals surface area (Å²) in [6, 6.07) is 9.34. The van der Waals surface area contributed by atoms with Crippen LogP contribution in [0.5, 0.6) is 0 Å². The highest BCUT2D eigenvalue weighted by atomic mass is 127. The van der Waals surface area contributed by atoms with E-state index in [-0.39, 0.29) is 24.0 Å². The maximum atomic E-state index is 4.56. The first kappa shape index (κ1) is 23.1. The van der Waals surface area contributed by atoms with Gasteiger partial charge < -0.3 is 10.2 Å². The monoisotopic (exact) mass is 513 g/mol. The first-order valence-electron chi connectivity index (χ1n) is 9.74. The van der Waals surface area contributed by atoms with E-state index in [9.17, 15) is 0 Å². The van der Waals surface area contributed by atoms with Crippen LogP contribution in [0.1, 0.15) is 35.2 Å². The molecule has 2 heterocycles. The molecule has 0 aliphatic carbocycles. The molecule has 1 aromatic heterocycles. The molecule has 2 aromatic rings.